The molecule has 62 valence electrons. The van der Waals surface area contributed by atoms with Gasteiger partial charge in [0.1, 0.15) is 12.2 Å². The van der Waals surface area contributed by atoms with Crippen LogP contribution in [0.4, 0.5) is 5.69 Å². The van der Waals surface area contributed by atoms with Gasteiger partial charge in [-0.05, 0) is 6.08 Å². The summed E-state index contributed by atoms with van der Waals surface area (Å²) >= 11 is 0. The lowest BCUT2D eigenvalue weighted by molar-refractivity contribution is 1.17. The SMILES string of the molecule is N=C(N)/C=C\Nc1cncnc1. The summed E-state index contributed by atoms with van der Waals surface area (Å²) in [6.45, 7) is 0. The summed E-state index contributed by atoms with van der Waals surface area (Å²) in [4.78, 5) is 7.58. The Labute approximate surface area is 69.9 Å². The lowest BCUT2D eigenvalue weighted by Gasteiger charge is -1.96. The molecule has 0 fully saturated rings. The Kier molecular flexibility index (Phi) is 2.78. The molecule has 1 heterocycles. The summed E-state index contributed by atoms with van der Waals surface area (Å²) in [5, 5.41) is 9.73. The van der Waals surface area contributed by atoms with E-state index in [1.54, 1.807) is 18.6 Å². The average molecular weight is 163 g/mol. The summed E-state index contributed by atoms with van der Waals surface area (Å²) in [7, 11) is 0. The second-order valence-corrected chi connectivity index (χ2v) is 2.06. The third kappa shape index (κ3) is 2.78. The fraction of sp³-hybridized carbons (Fsp3) is 0. The van der Waals surface area contributed by atoms with Crippen LogP contribution in [0.15, 0.2) is 31.0 Å². The zero-order chi connectivity index (χ0) is 8.81. The Morgan fingerprint density at radius 3 is 2.75 bits per heavy atom. The van der Waals surface area contributed by atoms with Gasteiger partial charge >= 0.3 is 0 Å². The smallest absolute Gasteiger partial charge is 0.116 e. The molecule has 0 amide bonds. The number of anilines is 1. The van der Waals surface area contributed by atoms with Crippen molar-refractivity contribution in [2.75, 3.05) is 5.32 Å². The number of nitrogens with one attached hydrogen (secondary N) is 2. The molecule has 5 nitrogen and oxygen atoms in total. The Bertz CT molecular complexity index is 279. The van der Waals surface area contributed by atoms with Crippen molar-refractivity contribution in [2.45, 2.75) is 0 Å². The summed E-state index contributed by atoms with van der Waals surface area (Å²) in [5.74, 6) is -0.000602. The number of hydrogen-bond donors (Lipinski definition) is 3. The molecule has 1 aromatic heterocycles. The van der Waals surface area contributed by atoms with Gasteiger partial charge in [-0.2, -0.15) is 0 Å². The van der Waals surface area contributed by atoms with Crippen LogP contribution in [0, 0.1) is 5.41 Å². The van der Waals surface area contributed by atoms with E-state index < -0.39 is 0 Å². The molecule has 0 aliphatic rings. The van der Waals surface area contributed by atoms with Crippen LogP contribution in [-0.4, -0.2) is 15.8 Å². The Hall–Kier alpha value is -1.91. The maximum Gasteiger partial charge on any atom is 0.116 e. The van der Waals surface area contributed by atoms with Gasteiger partial charge in [0, 0.05) is 6.20 Å². The average Bonchev–Trinajstić information content (AvgIpc) is 2.05. The van der Waals surface area contributed by atoms with Crippen molar-refractivity contribution < 1.29 is 0 Å². The minimum atomic E-state index is -0.000602. The number of aromatic nitrogens is 2. The molecule has 12 heavy (non-hydrogen) atoms. The minimum absolute atomic E-state index is 0.000602. The number of nitrogens with two attached hydrogens (primary N) is 1. The van der Waals surface area contributed by atoms with Crippen LogP contribution in [0.25, 0.3) is 0 Å². The van der Waals surface area contributed by atoms with Crippen LogP contribution in [0.1, 0.15) is 0 Å². The molecule has 5 heteroatoms. The van der Waals surface area contributed by atoms with Gasteiger partial charge in [0.2, 0.25) is 0 Å². The highest BCUT2D eigenvalue weighted by Crippen LogP contribution is 1.98. The van der Waals surface area contributed by atoms with Crippen molar-refractivity contribution in [1.82, 2.24) is 9.97 Å². The molecule has 0 radical (unpaired) electrons. The fourth-order valence-electron chi connectivity index (χ4n) is 0.601. The first-order valence-electron chi connectivity index (χ1n) is 3.31. The van der Waals surface area contributed by atoms with E-state index in [0.29, 0.717) is 0 Å². The Morgan fingerprint density at radius 1 is 1.50 bits per heavy atom. The van der Waals surface area contributed by atoms with E-state index >= 15 is 0 Å². The molecule has 0 unspecified atom stereocenters. The van der Waals surface area contributed by atoms with Gasteiger partial charge in [0.25, 0.3) is 0 Å². The van der Waals surface area contributed by atoms with E-state index in [4.69, 9.17) is 11.1 Å². The molecule has 4 N–H and O–H groups in total. The molecule has 0 aliphatic heterocycles. The van der Waals surface area contributed by atoms with Crippen molar-refractivity contribution in [3.8, 4) is 0 Å². The van der Waals surface area contributed by atoms with Gasteiger partial charge in [-0.3, -0.25) is 5.41 Å². The van der Waals surface area contributed by atoms with E-state index in [1.807, 2.05) is 0 Å². The lowest BCUT2D eigenvalue weighted by Crippen LogP contribution is -2.05. The van der Waals surface area contributed by atoms with Gasteiger partial charge in [0.05, 0.1) is 18.1 Å². The second-order valence-electron chi connectivity index (χ2n) is 2.06. The third-order valence-corrected chi connectivity index (χ3v) is 1.07. The van der Waals surface area contributed by atoms with E-state index in [1.165, 1.54) is 12.4 Å². The van der Waals surface area contributed by atoms with Crippen molar-refractivity contribution in [3.05, 3.63) is 31.0 Å². The molecule has 0 atom stereocenters. The normalized spacial score (nSPS) is 10.0. The first-order valence-corrected chi connectivity index (χ1v) is 3.31. The van der Waals surface area contributed by atoms with Crippen LogP contribution < -0.4 is 11.1 Å². The topological polar surface area (TPSA) is 87.7 Å². The zero-order valence-corrected chi connectivity index (χ0v) is 6.36. The predicted molar refractivity (Wildman–Crippen MR) is 46.7 cm³/mol. The minimum Gasteiger partial charge on any atom is -0.384 e. The van der Waals surface area contributed by atoms with Crippen LogP contribution in [0.5, 0.6) is 0 Å². The highest BCUT2D eigenvalue weighted by atomic mass is 14.9. The number of nitrogens with zero attached hydrogens (tertiary/aromatic N) is 2. The van der Waals surface area contributed by atoms with Gasteiger partial charge in [-0.25, -0.2) is 9.97 Å². The first kappa shape index (κ1) is 8.19. The lowest BCUT2D eigenvalue weighted by atomic mass is 10.5. The highest BCUT2D eigenvalue weighted by molar-refractivity contribution is 5.88. The molecule has 0 aliphatic carbocycles. The largest absolute Gasteiger partial charge is 0.384 e. The van der Waals surface area contributed by atoms with Gasteiger partial charge in [0.15, 0.2) is 0 Å². The zero-order valence-electron chi connectivity index (χ0n) is 6.36. The first-order chi connectivity index (χ1) is 5.79. The summed E-state index contributed by atoms with van der Waals surface area (Å²) < 4.78 is 0. The van der Waals surface area contributed by atoms with Crippen LogP contribution in [-0.2, 0) is 0 Å². The molecule has 1 aromatic rings. The van der Waals surface area contributed by atoms with Crippen molar-refractivity contribution >= 4 is 11.5 Å². The van der Waals surface area contributed by atoms with E-state index in [0.717, 1.165) is 5.69 Å². The van der Waals surface area contributed by atoms with Crippen LogP contribution in [0.2, 0.25) is 0 Å². The van der Waals surface area contributed by atoms with Gasteiger partial charge < -0.3 is 11.1 Å². The van der Waals surface area contributed by atoms with Crippen LogP contribution in [0.3, 0.4) is 0 Å². The fourth-order valence-corrected chi connectivity index (χ4v) is 0.601. The van der Waals surface area contributed by atoms with E-state index in [9.17, 15) is 0 Å². The predicted octanol–water partition coefficient (Wildman–Crippen LogP) is 0.338. The molecule has 0 aromatic carbocycles. The summed E-state index contributed by atoms with van der Waals surface area (Å²) in [6, 6.07) is 0. The molecule has 1 rings (SSSR count). The molecular weight excluding hydrogens is 154 g/mol. The summed E-state index contributed by atoms with van der Waals surface area (Å²) in [5.41, 5.74) is 5.84. The number of amidine groups is 1. The van der Waals surface area contributed by atoms with Crippen LogP contribution >= 0.6 is 0 Å². The van der Waals surface area contributed by atoms with Crippen molar-refractivity contribution in [1.29, 1.82) is 5.41 Å². The molecule has 0 spiro atoms. The van der Waals surface area contributed by atoms with Crippen molar-refractivity contribution in [2.24, 2.45) is 5.73 Å². The monoisotopic (exact) mass is 163 g/mol. The van der Waals surface area contributed by atoms with Crippen molar-refractivity contribution in [3.63, 3.8) is 0 Å². The standard InChI is InChI=1S/C7H9N5/c8-7(9)1-2-12-6-3-10-5-11-4-6/h1-5,12H,(H3,8,9)/b2-1-. The maximum absolute atomic E-state index is 6.88. The van der Waals surface area contributed by atoms with Gasteiger partial charge in [-0.15, -0.1) is 0 Å². The quantitative estimate of drug-likeness (QED) is 0.443. The number of hydrogen-bond acceptors (Lipinski definition) is 4. The third-order valence-electron chi connectivity index (χ3n) is 1.07. The number of rotatable bonds is 3. The summed E-state index contributed by atoms with van der Waals surface area (Å²) in [6.07, 6.45) is 7.68. The van der Waals surface area contributed by atoms with E-state index in [-0.39, 0.29) is 5.84 Å². The van der Waals surface area contributed by atoms with Gasteiger partial charge in [-0.1, -0.05) is 0 Å². The Balaban J connectivity index is 2.49. The molecule has 0 saturated heterocycles. The molecular formula is C7H9N5. The van der Waals surface area contributed by atoms with E-state index in [2.05, 4.69) is 15.3 Å². The molecule has 0 saturated carbocycles. The second kappa shape index (κ2) is 4.07. The maximum atomic E-state index is 6.88. The Morgan fingerprint density at radius 2 is 2.17 bits per heavy atom. The highest BCUT2D eigenvalue weighted by Gasteiger charge is 1.84. The molecule has 0 bridgehead atoms.